The third-order valence-electron chi connectivity index (χ3n) is 7.01. The molecule has 8 unspecified atom stereocenters. The Bertz CT molecular complexity index is 1120. The second-order valence-electron chi connectivity index (χ2n) is 10.3. The molecule has 1 aromatic rings. The van der Waals surface area contributed by atoms with Crippen LogP contribution in [0.1, 0.15) is 64.1 Å². The summed E-state index contributed by atoms with van der Waals surface area (Å²) in [7, 11) is 0. The molecule has 10 heteroatoms. The van der Waals surface area contributed by atoms with E-state index in [0.717, 1.165) is 5.57 Å². The zero-order chi connectivity index (χ0) is 30.0. The maximum Gasteiger partial charge on any atom is 0.334 e. The van der Waals surface area contributed by atoms with Gasteiger partial charge in [0.1, 0.15) is 17.2 Å². The van der Waals surface area contributed by atoms with Gasteiger partial charge in [-0.25, -0.2) is 9.78 Å². The van der Waals surface area contributed by atoms with E-state index >= 15 is 0 Å². The molecule has 0 aromatic carbocycles. The molecule has 0 radical (unpaired) electrons. The maximum absolute atomic E-state index is 13.1. The van der Waals surface area contributed by atoms with Gasteiger partial charge in [0.25, 0.3) is 0 Å². The molecular formula is C30H43NO8S. The van der Waals surface area contributed by atoms with Crippen molar-refractivity contribution in [2.45, 2.75) is 90.0 Å². The normalized spacial score (nSPS) is 29.6. The van der Waals surface area contributed by atoms with E-state index in [1.807, 2.05) is 19.9 Å². The fraction of sp³-hybridized carbons (Fsp3) is 0.533. The van der Waals surface area contributed by atoms with Gasteiger partial charge in [-0.05, 0) is 45.8 Å². The number of rotatable bonds is 5. The van der Waals surface area contributed by atoms with Crippen molar-refractivity contribution >= 4 is 23.4 Å². The summed E-state index contributed by atoms with van der Waals surface area (Å²) in [5, 5.41) is 65.7. The first kappa shape index (κ1) is 33.8. The van der Waals surface area contributed by atoms with Crippen LogP contribution in [0.2, 0.25) is 0 Å². The van der Waals surface area contributed by atoms with Gasteiger partial charge in [-0.2, -0.15) is 0 Å². The lowest BCUT2D eigenvalue weighted by molar-refractivity contribution is -0.164. The number of hydrogen-bond acceptors (Lipinski definition) is 10. The van der Waals surface area contributed by atoms with Crippen LogP contribution in [-0.2, 0) is 9.53 Å². The summed E-state index contributed by atoms with van der Waals surface area (Å²) in [5.74, 6) is -2.25. The van der Waals surface area contributed by atoms with Crippen LogP contribution in [0.4, 0.5) is 0 Å². The molecule has 0 fully saturated rings. The number of aromatic nitrogens is 1. The molecule has 40 heavy (non-hydrogen) atoms. The summed E-state index contributed by atoms with van der Waals surface area (Å²) in [6.07, 6.45) is 4.14. The first-order chi connectivity index (χ1) is 18.9. The van der Waals surface area contributed by atoms with E-state index in [-0.39, 0.29) is 25.0 Å². The van der Waals surface area contributed by atoms with Crippen molar-refractivity contribution in [1.82, 2.24) is 4.98 Å². The number of fused-ring (bicyclic) bond motifs is 2. The number of carbonyl (C=O) groups excluding carboxylic acids is 1. The molecule has 1 aromatic heterocycles. The highest BCUT2D eigenvalue weighted by Crippen LogP contribution is 2.28. The quantitative estimate of drug-likeness (QED) is 0.228. The molecule has 8 atom stereocenters. The molecule has 2 heterocycles. The van der Waals surface area contributed by atoms with E-state index in [0.29, 0.717) is 16.3 Å². The van der Waals surface area contributed by atoms with E-state index in [2.05, 4.69) is 4.98 Å². The number of carbonyl (C=O) groups is 1. The van der Waals surface area contributed by atoms with Crippen molar-refractivity contribution in [3.63, 3.8) is 0 Å². The van der Waals surface area contributed by atoms with Crippen molar-refractivity contribution in [3.8, 4) is 0 Å². The van der Waals surface area contributed by atoms with E-state index in [1.165, 1.54) is 30.4 Å². The molecule has 1 aliphatic rings. The zero-order valence-corrected chi connectivity index (χ0v) is 24.5. The van der Waals surface area contributed by atoms with Crippen LogP contribution in [0.5, 0.6) is 0 Å². The Balaban J connectivity index is 2.47. The van der Waals surface area contributed by atoms with Crippen molar-refractivity contribution in [3.05, 3.63) is 69.3 Å². The Morgan fingerprint density at radius 3 is 2.55 bits per heavy atom. The lowest BCUT2D eigenvalue weighted by Crippen LogP contribution is -2.47. The molecule has 0 saturated carbocycles. The van der Waals surface area contributed by atoms with E-state index in [1.54, 1.807) is 43.5 Å². The lowest BCUT2D eigenvalue weighted by atomic mass is 9.87. The van der Waals surface area contributed by atoms with Gasteiger partial charge >= 0.3 is 5.97 Å². The predicted octanol–water partition coefficient (Wildman–Crippen LogP) is 2.79. The van der Waals surface area contributed by atoms with Gasteiger partial charge in [0.05, 0.1) is 42.6 Å². The molecular weight excluding hydrogens is 534 g/mol. The largest absolute Gasteiger partial charge is 0.456 e. The fourth-order valence-electron chi connectivity index (χ4n) is 4.35. The highest BCUT2D eigenvalue weighted by molar-refractivity contribution is 7.09. The van der Waals surface area contributed by atoms with Gasteiger partial charge in [-0.3, -0.25) is 0 Å². The second kappa shape index (κ2) is 16.1. The van der Waals surface area contributed by atoms with Gasteiger partial charge in [0.2, 0.25) is 0 Å². The van der Waals surface area contributed by atoms with Gasteiger partial charge < -0.3 is 35.4 Å². The summed E-state index contributed by atoms with van der Waals surface area (Å²) in [5.41, 5.74) is 2.12. The molecule has 2 rings (SSSR count). The van der Waals surface area contributed by atoms with Crippen molar-refractivity contribution < 1.29 is 40.2 Å². The number of aliphatic hydroxyl groups excluding tert-OH is 6. The van der Waals surface area contributed by atoms with Crippen molar-refractivity contribution in [1.29, 1.82) is 0 Å². The molecule has 2 bridgehead atoms. The molecule has 0 amide bonds. The van der Waals surface area contributed by atoms with Gasteiger partial charge in [0.15, 0.2) is 0 Å². The first-order valence-corrected chi connectivity index (χ1v) is 14.3. The Kier molecular flexibility index (Phi) is 13.6. The van der Waals surface area contributed by atoms with Gasteiger partial charge in [-0.1, -0.05) is 49.0 Å². The average molecular weight is 578 g/mol. The number of hydrogen-bond donors (Lipinski definition) is 6. The van der Waals surface area contributed by atoms with Crippen molar-refractivity contribution in [2.24, 2.45) is 5.92 Å². The Hall–Kier alpha value is -2.44. The Morgan fingerprint density at radius 1 is 1.20 bits per heavy atom. The van der Waals surface area contributed by atoms with Crippen LogP contribution in [-0.4, -0.2) is 84.8 Å². The average Bonchev–Trinajstić information content (AvgIpc) is 3.37. The standard InChI is InChI=1S/C30H43NO8S/c1-6-17(2)12-18(3)26(36)20(5)28-27(37)24(34)11-9-7-8-10-22(33)14-25(35)23(15-32)29-31-21(16-40-29)13-19(4)30(38)39-28/h6-10,12-13,16,20,22-28,32-37H,11,14-15H2,1-5H3/b9-7?,10-8?,17-6+,18-12+,19-13?. The van der Waals surface area contributed by atoms with Crippen LogP contribution in [0.3, 0.4) is 0 Å². The topological polar surface area (TPSA) is 161 Å². The molecule has 1 aliphatic heterocycles. The maximum atomic E-state index is 13.1. The van der Waals surface area contributed by atoms with E-state index in [4.69, 9.17) is 4.74 Å². The molecule has 222 valence electrons. The van der Waals surface area contributed by atoms with Crippen LogP contribution in [0, 0.1) is 5.92 Å². The smallest absolute Gasteiger partial charge is 0.334 e. The SMILES string of the molecule is C/C=C(C)/C=C(\C)C(O)C(C)C1OC(=O)C(C)=Cc2csc(n2)C(CO)C(O)CC(O)C=CC=CCC(O)C1O. The summed E-state index contributed by atoms with van der Waals surface area (Å²) in [6.45, 7) is 8.29. The number of allylic oxidation sites excluding steroid dienone is 5. The van der Waals surface area contributed by atoms with E-state index < -0.39 is 54.4 Å². The number of thiazole rings is 1. The summed E-state index contributed by atoms with van der Waals surface area (Å²) in [4.78, 5) is 17.5. The number of esters is 1. The molecule has 0 saturated heterocycles. The minimum absolute atomic E-state index is 0.0102. The van der Waals surface area contributed by atoms with Gasteiger partial charge in [0, 0.05) is 23.3 Å². The van der Waals surface area contributed by atoms with Crippen LogP contribution >= 0.6 is 11.3 Å². The third-order valence-corrected chi connectivity index (χ3v) is 8.01. The summed E-state index contributed by atoms with van der Waals surface area (Å²) in [6, 6.07) is 0. The highest BCUT2D eigenvalue weighted by Gasteiger charge is 2.37. The first-order valence-electron chi connectivity index (χ1n) is 13.4. The van der Waals surface area contributed by atoms with Crippen molar-refractivity contribution in [2.75, 3.05) is 6.61 Å². The summed E-state index contributed by atoms with van der Waals surface area (Å²) >= 11 is 1.20. The minimum Gasteiger partial charge on any atom is -0.456 e. The lowest BCUT2D eigenvalue weighted by Gasteiger charge is -2.33. The molecule has 0 spiro atoms. The van der Waals surface area contributed by atoms with Gasteiger partial charge in [-0.15, -0.1) is 11.3 Å². The Morgan fingerprint density at radius 2 is 1.90 bits per heavy atom. The summed E-state index contributed by atoms with van der Waals surface area (Å²) < 4.78 is 5.70. The fourth-order valence-corrected chi connectivity index (χ4v) is 5.27. The number of cyclic esters (lactones) is 1. The number of nitrogens with zero attached hydrogens (tertiary/aromatic N) is 1. The third kappa shape index (κ3) is 9.59. The number of ether oxygens (including phenoxy) is 1. The minimum atomic E-state index is -1.51. The molecule has 9 nitrogen and oxygen atoms in total. The molecule has 6 N–H and O–H groups in total. The second-order valence-corrected chi connectivity index (χ2v) is 11.2. The zero-order valence-electron chi connectivity index (χ0n) is 23.7. The van der Waals surface area contributed by atoms with Crippen LogP contribution in [0.15, 0.2) is 58.6 Å². The van der Waals surface area contributed by atoms with Crippen LogP contribution in [0.25, 0.3) is 6.08 Å². The number of aliphatic hydroxyl groups is 6. The highest BCUT2D eigenvalue weighted by atomic mass is 32.1. The Labute approximate surface area is 240 Å². The molecule has 0 aliphatic carbocycles. The van der Waals surface area contributed by atoms with Crippen LogP contribution < -0.4 is 0 Å². The van der Waals surface area contributed by atoms with E-state index in [9.17, 15) is 35.4 Å². The monoisotopic (exact) mass is 577 g/mol. The predicted molar refractivity (Wildman–Crippen MR) is 155 cm³/mol.